The van der Waals surface area contributed by atoms with Crippen LogP contribution in [0.5, 0.6) is 0 Å². The van der Waals surface area contributed by atoms with Gasteiger partial charge in [-0.05, 0) is 74.2 Å². The lowest BCUT2D eigenvalue weighted by Gasteiger charge is -2.58. The Hall–Kier alpha value is -1.07. The van der Waals surface area contributed by atoms with Gasteiger partial charge in [0.1, 0.15) is 5.60 Å². The van der Waals surface area contributed by atoms with Crippen molar-refractivity contribution in [1.82, 2.24) is 0 Å². The van der Waals surface area contributed by atoms with Gasteiger partial charge in [0.2, 0.25) is 0 Å². The first-order chi connectivity index (χ1) is 11.4. The number of rotatable bonds is 1. The van der Waals surface area contributed by atoms with Gasteiger partial charge >= 0.3 is 0 Å². The standard InChI is InChI=1S/C22H30O2/c1-4-14-13-21(3)19(10-11-22(21,24)5-2)18-8-6-15-12-16(23)7-9-17(15)20(14)18/h2,12,14,17-20,24H,4,6-11,13H2,1,3H3/t14-,17?,18?,19?,20?,21-,22-/m0/s1. The molecule has 4 unspecified atom stereocenters. The van der Waals surface area contributed by atoms with Gasteiger partial charge in [-0.1, -0.05) is 31.8 Å². The number of terminal acetylenes is 1. The minimum absolute atomic E-state index is 0.130. The fourth-order valence-electron chi connectivity index (χ4n) is 7.15. The van der Waals surface area contributed by atoms with Crippen LogP contribution in [-0.2, 0) is 4.79 Å². The van der Waals surface area contributed by atoms with E-state index in [9.17, 15) is 9.90 Å². The molecule has 0 aromatic heterocycles. The molecular formula is C22H30O2. The molecule has 3 fully saturated rings. The van der Waals surface area contributed by atoms with Crippen LogP contribution in [0.25, 0.3) is 0 Å². The van der Waals surface area contributed by atoms with E-state index in [1.165, 1.54) is 12.0 Å². The van der Waals surface area contributed by atoms with Gasteiger partial charge in [0.25, 0.3) is 0 Å². The van der Waals surface area contributed by atoms with Crippen molar-refractivity contribution < 1.29 is 9.90 Å². The van der Waals surface area contributed by atoms with Gasteiger partial charge in [0.15, 0.2) is 5.78 Å². The fourth-order valence-corrected chi connectivity index (χ4v) is 7.15. The molecule has 7 atom stereocenters. The van der Waals surface area contributed by atoms with Crippen molar-refractivity contribution in [3.8, 4) is 12.3 Å². The van der Waals surface area contributed by atoms with Crippen molar-refractivity contribution in [3.05, 3.63) is 11.6 Å². The van der Waals surface area contributed by atoms with Crippen LogP contribution in [0.2, 0.25) is 0 Å². The lowest BCUT2D eigenvalue weighted by atomic mass is 9.47. The molecule has 0 aromatic carbocycles. The maximum atomic E-state index is 11.9. The summed E-state index contributed by atoms with van der Waals surface area (Å²) in [7, 11) is 0. The molecule has 0 spiro atoms. The Kier molecular flexibility index (Phi) is 3.73. The number of fused-ring (bicyclic) bond motifs is 5. The van der Waals surface area contributed by atoms with E-state index in [1.54, 1.807) is 0 Å². The van der Waals surface area contributed by atoms with Crippen molar-refractivity contribution in [3.63, 3.8) is 0 Å². The van der Waals surface area contributed by atoms with Crippen LogP contribution in [0.15, 0.2) is 11.6 Å². The maximum absolute atomic E-state index is 11.9. The highest BCUT2D eigenvalue weighted by molar-refractivity contribution is 5.91. The Bertz CT molecular complexity index is 626. The molecule has 2 nitrogen and oxygen atoms in total. The fraction of sp³-hybridized carbons (Fsp3) is 0.773. The molecular weight excluding hydrogens is 296 g/mol. The number of allylic oxidation sites excluding steroid dienone is 1. The average molecular weight is 326 g/mol. The van der Waals surface area contributed by atoms with E-state index in [2.05, 4.69) is 19.8 Å². The molecule has 1 N–H and O–H groups in total. The number of hydrogen-bond acceptors (Lipinski definition) is 2. The molecule has 3 saturated carbocycles. The monoisotopic (exact) mass is 326 g/mol. The number of carbonyl (C=O) groups is 1. The van der Waals surface area contributed by atoms with E-state index < -0.39 is 5.60 Å². The topological polar surface area (TPSA) is 37.3 Å². The molecule has 24 heavy (non-hydrogen) atoms. The summed E-state index contributed by atoms with van der Waals surface area (Å²) in [6.07, 6.45) is 15.8. The summed E-state index contributed by atoms with van der Waals surface area (Å²) in [6, 6.07) is 0. The molecule has 0 bridgehead atoms. The van der Waals surface area contributed by atoms with E-state index in [-0.39, 0.29) is 5.41 Å². The Morgan fingerprint density at radius 2 is 2.12 bits per heavy atom. The van der Waals surface area contributed by atoms with Crippen LogP contribution in [0.4, 0.5) is 0 Å². The zero-order valence-electron chi connectivity index (χ0n) is 15.1. The number of carbonyl (C=O) groups excluding carboxylic acids is 1. The molecule has 2 heteroatoms. The van der Waals surface area contributed by atoms with Crippen LogP contribution < -0.4 is 0 Å². The van der Waals surface area contributed by atoms with E-state index >= 15 is 0 Å². The molecule has 0 aromatic rings. The van der Waals surface area contributed by atoms with Crippen LogP contribution in [0.1, 0.15) is 65.2 Å². The first-order valence-electron chi connectivity index (χ1n) is 9.87. The van der Waals surface area contributed by atoms with E-state index in [0.717, 1.165) is 44.9 Å². The lowest BCUT2D eigenvalue weighted by molar-refractivity contribution is -0.120. The molecule has 4 aliphatic carbocycles. The molecule has 0 aliphatic heterocycles. The molecule has 0 radical (unpaired) electrons. The highest BCUT2D eigenvalue weighted by Gasteiger charge is 2.63. The van der Waals surface area contributed by atoms with E-state index in [0.29, 0.717) is 35.4 Å². The molecule has 130 valence electrons. The van der Waals surface area contributed by atoms with Gasteiger partial charge in [0, 0.05) is 11.8 Å². The van der Waals surface area contributed by atoms with Crippen LogP contribution >= 0.6 is 0 Å². The zero-order valence-corrected chi connectivity index (χ0v) is 15.1. The Labute approximate surface area is 146 Å². The smallest absolute Gasteiger partial charge is 0.155 e. The first-order valence-corrected chi connectivity index (χ1v) is 9.87. The summed E-state index contributed by atoms with van der Waals surface area (Å²) >= 11 is 0. The van der Waals surface area contributed by atoms with Gasteiger partial charge in [-0.15, -0.1) is 6.42 Å². The second-order valence-electron chi connectivity index (χ2n) is 9.05. The van der Waals surface area contributed by atoms with Gasteiger partial charge in [-0.25, -0.2) is 0 Å². The maximum Gasteiger partial charge on any atom is 0.155 e. The van der Waals surface area contributed by atoms with Crippen molar-refractivity contribution >= 4 is 5.78 Å². The lowest BCUT2D eigenvalue weighted by Crippen LogP contribution is -2.55. The second kappa shape index (κ2) is 5.46. The minimum atomic E-state index is -0.922. The highest BCUT2D eigenvalue weighted by atomic mass is 16.3. The van der Waals surface area contributed by atoms with Crippen molar-refractivity contribution in [2.75, 3.05) is 0 Å². The Morgan fingerprint density at radius 1 is 1.33 bits per heavy atom. The van der Waals surface area contributed by atoms with Crippen molar-refractivity contribution in [2.24, 2.45) is 35.0 Å². The van der Waals surface area contributed by atoms with Gasteiger partial charge in [0.05, 0.1) is 0 Å². The zero-order chi connectivity index (χ0) is 17.1. The normalized spacial score (nSPS) is 50.3. The average Bonchev–Trinajstić information content (AvgIpc) is 2.85. The quantitative estimate of drug-likeness (QED) is 0.736. The third-order valence-electron chi connectivity index (χ3n) is 8.34. The largest absolute Gasteiger partial charge is 0.377 e. The number of hydrogen-bond donors (Lipinski definition) is 1. The summed E-state index contributed by atoms with van der Waals surface area (Å²) in [5.74, 6) is 6.25. The van der Waals surface area contributed by atoms with Gasteiger partial charge < -0.3 is 5.11 Å². The van der Waals surface area contributed by atoms with E-state index in [4.69, 9.17) is 6.42 Å². The van der Waals surface area contributed by atoms with Gasteiger partial charge in [-0.2, -0.15) is 0 Å². The highest BCUT2D eigenvalue weighted by Crippen LogP contribution is 2.66. The van der Waals surface area contributed by atoms with E-state index in [1.807, 2.05) is 6.08 Å². The SMILES string of the molecule is C#C[C@]1(O)CCC2C3CCC4=CC(=O)CCC4C3[C@@H](CC)C[C@@]21C. The molecule has 0 saturated heterocycles. The first kappa shape index (κ1) is 16.4. The molecule has 0 heterocycles. The van der Waals surface area contributed by atoms with Crippen LogP contribution in [0, 0.1) is 47.3 Å². The molecule has 4 aliphatic rings. The Morgan fingerprint density at radius 3 is 2.83 bits per heavy atom. The summed E-state index contributed by atoms with van der Waals surface area (Å²) < 4.78 is 0. The second-order valence-corrected chi connectivity index (χ2v) is 9.05. The Balaban J connectivity index is 1.73. The van der Waals surface area contributed by atoms with Crippen LogP contribution in [-0.4, -0.2) is 16.5 Å². The summed E-state index contributed by atoms with van der Waals surface area (Å²) in [5, 5.41) is 11.1. The van der Waals surface area contributed by atoms with Gasteiger partial charge in [-0.3, -0.25) is 4.79 Å². The van der Waals surface area contributed by atoms with Crippen molar-refractivity contribution in [2.45, 2.75) is 70.8 Å². The minimum Gasteiger partial charge on any atom is -0.377 e. The summed E-state index contributed by atoms with van der Waals surface area (Å²) in [5.41, 5.74) is 0.379. The third-order valence-corrected chi connectivity index (χ3v) is 8.34. The predicted octanol–water partition coefficient (Wildman–Crippen LogP) is 4.13. The molecule has 4 rings (SSSR count). The summed E-state index contributed by atoms with van der Waals surface area (Å²) in [6.45, 7) is 4.56. The summed E-state index contributed by atoms with van der Waals surface area (Å²) in [4.78, 5) is 11.9. The number of ketones is 1. The number of aliphatic hydroxyl groups is 1. The van der Waals surface area contributed by atoms with Crippen LogP contribution in [0.3, 0.4) is 0 Å². The third kappa shape index (κ3) is 2.03. The predicted molar refractivity (Wildman–Crippen MR) is 95.0 cm³/mol. The molecule has 0 amide bonds. The van der Waals surface area contributed by atoms with Crippen molar-refractivity contribution in [1.29, 1.82) is 0 Å².